The molecule has 0 aromatic carbocycles. The van der Waals surface area contributed by atoms with E-state index in [1.807, 2.05) is 24.5 Å². The molecule has 3 heterocycles. The van der Waals surface area contributed by atoms with Gasteiger partial charge >= 0.3 is 0 Å². The number of aromatic nitrogens is 4. The lowest BCUT2D eigenvalue weighted by molar-refractivity contribution is 0.674. The molecule has 0 radical (unpaired) electrons. The summed E-state index contributed by atoms with van der Waals surface area (Å²) >= 11 is 1.71. The molecular formula is C13H15N5S. The number of pyridine rings is 1. The van der Waals surface area contributed by atoms with Crippen LogP contribution >= 0.6 is 11.3 Å². The number of hydrogen-bond acceptors (Lipinski definition) is 5. The van der Waals surface area contributed by atoms with Gasteiger partial charge in [-0.1, -0.05) is 0 Å². The van der Waals surface area contributed by atoms with Gasteiger partial charge < -0.3 is 10.3 Å². The highest BCUT2D eigenvalue weighted by atomic mass is 32.1. The first-order valence-electron chi connectivity index (χ1n) is 6.09. The first-order valence-corrected chi connectivity index (χ1v) is 6.91. The van der Waals surface area contributed by atoms with Crippen molar-refractivity contribution >= 4 is 28.3 Å². The number of nitrogens with zero attached hydrogens (tertiary/aromatic N) is 4. The molecule has 0 aliphatic carbocycles. The van der Waals surface area contributed by atoms with Gasteiger partial charge in [0.2, 0.25) is 5.95 Å². The monoisotopic (exact) mass is 273 g/mol. The smallest absolute Gasteiger partial charge is 0.201 e. The predicted molar refractivity (Wildman–Crippen MR) is 77.3 cm³/mol. The van der Waals surface area contributed by atoms with E-state index in [2.05, 4.69) is 21.9 Å². The second-order valence-corrected chi connectivity index (χ2v) is 5.80. The van der Waals surface area contributed by atoms with E-state index in [0.29, 0.717) is 5.95 Å². The van der Waals surface area contributed by atoms with Crippen molar-refractivity contribution in [2.45, 2.75) is 26.8 Å². The lowest BCUT2D eigenvalue weighted by Gasteiger charge is -2.15. The van der Waals surface area contributed by atoms with Crippen molar-refractivity contribution in [3.63, 3.8) is 0 Å². The van der Waals surface area contributed by atoms with Gasteiger partial charge in [0.25, 0.3) is 0 Å². The minimum absolute atomic E-state index is 0.124. The van der Waals surface area contributed by atoms with Gasteiger partial charge in [0.1, 0.15) is 5.52 Å². The van der Waals surface area contributed by atoms with Crippen LogP contribution in [0, 0.1) is 13.8 Å². The normalized spacial score (nSPS) is 13.0. The molecular weight excluding hydrogens is 258 g/mol. The summed E-state index contributed by atoms with van der Waals surface area (Å²) < 4.78 is 2.04. The highest BCUT2D eigenvalue weighted by molar-refractivity contribution is 7.11. The van der Waals surface area contributed by atoms with Crippen molar-refractivity contribution in [1.82, 2.24) is 19.5 Å². The van der Waals surface area contributed by atoms with Gasteiger partial charge in [-0.3, -0.25) is 4.98 Å². The Balaban J connectivity index is 2.19. The van der Waals surface area contributed by atoms with E-state index >= 15 is 0 Å². The third-order valence-corrected chi connectivity index (χ3v) is 4.47. The van der Waals surface area contributed by atoms with Crippen molar-refractivity contribution in [3.05, 3.63) is 34.0 Å². The molecule has 0 saturated carbocycles. The summed E-state index contributed by atoms with van der Waals surface area (Å²) in [7, 11) is 0. The lowest BCUT2D eigenvalue weighted by atomic mass is 10.2. The SMILES string of the molecule is Cc1nc(C)c(C(C)n2c(N)nc3cnccc32)s1. The van der Waals surface area contributed by atoms with E-state index in [4.69, 9.17) is 5.73 Å². The van der Waals surface area contributed by atoms with Crippen LogP contribution in [0.2, 0.25) is 0 Å². The Bertz CT molecular complexity index is 743. The number of hydrogen-bond donors (Lipinski definition) is 1. The van der Waals surface area contributed by atoms with Crippen molar-refractivity contribution in [1.29, 1.82) is 0 Å². The Kier molecular flexibility index (Phi) is 2.74. The minimum atomic E-state index is 0.124. The number of anilines is 1. The van der Waals surface area contributed by atoms with Gasteiger partial charge in [-0.15, -0.1) is 11.3 Å². The summed E-state index contributed by atoms with van der Waals surface area (Å²) in [5.41, 5.74) is 8.95. The quantitative estimate of drug-likeness (QED) is 0.779. The zero-order valence-corrected chi connectivity index (χ0v) is 11.9. The molecule has 2 N–H and O–H groups in total. The second kappa shape index (κ2) is 4.31. The van der Waals surface area contributed by atoms with E-state index in [9.17, 15) is 0 Å². The zero-order chi connectivity index (χ0) is 13.6. The van der Waals surface area contributed by atoms with Crippen LogP contribution in [-0.2, 0) is 0 Å². The van der Waals surface area contributed by atoms with E-state index < -0.39 is 0 Å². The number of fused-ring (bicyclic) bond motifs is 1. The molecule has 98 valence electrons. The summed E-state index contributed by atoms with van der Waals surface area (Å²) in [6.07, 6.45) is 3.50. The van der Waals surface area contributed by atoms with Crippen LogP contribution in [0.15, 0.2) is 18.5 Å². The maximum absolute atomic E-state index is 6.06. The Labute approximate surface area is 115 Å². The second-order valence-electron chi connectivity index (χ2n) is 4.56. The maximum atomic E-state index is 6.06. The third kappa shape index (κ3) is 1.88. The molecule has 5 nitrogen and oxygen atoms in total. The lowest BCUT2D eigenvalue weighted by Crippen LogP contribution is -2.09. The molecule has 0 amide bonds. The van der Waals surface area contributed by atoms with Crippen LogP contribution in [0.1, 0.15) is 28.5 Å². The van der Waals surface area contributed by atoms with Crippen molar-refractivity contribution in [3.8, 4) is 0 Å². The van der Waals surface area contributed by atoms with Crippen LogP contribution in [0.25, 0.3) is 11.0 Å². The fourth-order valence-electron chi connectivity index (χ4n) is 2.43. The number of nitrogen functional groups attached to an aromatic ring is 1. The van der Waals surface area contributed by atoms with Crippen LogP contribution in [0.5, 0.6) is 0 Å². The van der Waals surface area contributed by atoms with Gasteiger partial charge in [0.05, 0.1) is 33.3 Å². The number of imidazole rings is 1. The fourth-order valence-corrected chi connectivity index (χ4v) is 3.40. The van der Waals surface area contributed by atoms with Crippen molar-refractivity contribution in [2.24, 2.45) is 0 Å². The highest BCUT2D eigenvalue weighted by Gasteiger charge is 2.19. The van der Waals surface area contributed by atoms with Gasteiger partial charge in [-0.25, -0.2) is 9.97 Å². The molecule has 3 aromatic rings. The van der Waals surface area contributed by atoms with E-state index in [1.165, 1.54) is 4.88 Å². The third-order valence-electron chi connectivity index (χ3n) is 3.23. The Hall–Kier alpha value is -1.95. The summed E-state index contributed by atoms with van der Waals surface area (Å²) in [4.78, 5) is 14.1. The summed E-state index contributed by atoms with van der Waals surface area (Å²) in [5.74, 6) is 0.515. The molecule has 19 heavy (non-hydrogen) atoms. The van der Waals surface area contributed by atoms with Gasteiger partial charge in [0, 0.05) is 6.20 Å². The van der Waals surface area contributed by atoms with Crippen LogP contribution in [0.4, 0.5) is 5.95 Å². The Morgan fingerprint density at radius 3 is 2.79 bits per heavy atom. The van der Waals surface area contributed by atoms with Gasteiger partial charge in [-0.05, 0) is 26.8 Å². The summed E-state index contributed by atoms with van der Waals surface area (Å²) in [5, 5.41) is 1.07. The zero-order valence-electron chi connectivity index (χ0n) is 11.1. The first-order chi connectivity index (χ1) is 9.08. The first kappa shape index (κ1) is 12.1. The Morgan fingerprint density at radius 2 is 2.11 bits per heavy atom. The summed E-state index contributed by atoms with van der Waals surface area (Å²) in [6, 6.07) is 2.07. The topological polar surface area (TPSA) is 69.6 Å². The molecule has 0 aliphatic heterocycles. The maximum Gasteiger partial charge on any atom is 0.201 e. The number of rotatable bonds is 2. The highest BCUT2D eigenvalue weighted by Crippen LogP contribution is 2.31. The molecule has 3 aromatic heterocycles. The molecule has 1 atom stereocenters. The molecule has 3 rings (SSSR count). The van der Waals surface area contributed by atoms with Crippen molar-refractivity contribution in [2.75, 3.05) is 5.73 Å². The average molecular weight is 273 g/mol. The van der Waals surface area contributed by atoms with Gasteiger partial charge in [-0.2, -0.15) is 0 Å². The molecule has 0 fully saturated rings. The van der Waals surface area contributed by atoms with Crippen LogP contribution < -0.4 is 5.73 Å². The molecule has 0 bridgehead atoms. The largest absolute Gasteiger partial charge is 0.369 e. The summed E-state index contributed by atoms with van der Waals surface area (Å²) in [6.45, 7) is 6.18. The van der Waals surface area contributed by atoms with E-state index in [0.717, 1.165) is 21.7 Å². The Morgan fingerprint density at radius 1 is 1.32 bits per heavy atom. The fraction of sp³-hybridized carbons (Fsp3) is 0.308. The van der Waals surface area contributed by atoms with Crippen molar-refractivity contribution < 1.29 is 0 Å². The molecule has 6 heteroatoms. The molecule has 0 saturated heterocycles. The van der Waals surface area contributed by atoms with Gasteiger partial charge in [0.15, 0.2) is 0 Å². The average Bonchev–Trinajstić information content (AvgIpc) is 2.87. The van der Waals surface area contributed by atoms with Crippen LogP contribution in [0.3, 0.4) is 0 Å². The predicted octanol–water partition coefficient (Wildman–Crippen LogP) is 2.70. The molecule has 0 aliphatic rings. The molecule has 0 spiro atoms. The number of aryl methyl sites for hydroxylation is 2. The standard InChI is InChI=1S/C13H15N5S/c1-7-12(19-9(3)16-7)8(2)18-11-4-5-15-6-10(11)17-13(18)14/h4-6,8H,1-3H3,(H2,14,17). The van der Waals surface area contributed by atoms with E-state index in [1.54, 1.807) is 23.7 Å². The number of thiazole rings is 1. The number of nitrogens with two attached hydrogens (primary N) is 1. The van der Waals surface area contributed by atoms with E-state index in [-0.39, 0.29) is 6.04 Å². The van der Waals surface area contributed by atoms with Crippen LogP contribution in [-0.4, -0.2) is 19.5 Å². The molecule has 1 unspecified atom stereocenters. The minimum Gasteiger partial charge on any atom is -0.369 e.